The third kappa shape index (κ3) is 5.24. The number of aliphatic carboxylic acids is 1. The van der Waals surface area contributed by atoms with Gasteiger partial charge in [0.05, 0.1) is 19.9 Å². The fourth-order valence-electron chi connectivity index (χ4n) is 3.31. The van der Waals surface area contributed by atoms with Crippen molar-refractivity contribution >= 4 is 46.9 Å². The Kier molecular flexibility index (Phi) is 7.64. The van der Waals surface area contributed by atoms with Crippen molar-refractivity contribution in [1.82, 2.24) is 5.32 Å². The number of ether oxygens (including phenoxy) is 3. The smallest absolute Gasteiger partial charge is 0.341 e. The average molecular weight is 483 g/mol. The van der Waals surface area contributed by atoms with Crippen LogP contribution in [0.4, 0.5) is 5.69 Å². The molecule has 0 spiro atoms. The summed E-state index contributed by atoms with van der Waals surface area (Å²) in [6, 6.07) is 9.86. The van der Waals surface area contributed by atoms with E-state index in [0.717, 1.165) is 0 Å². The number of amides is 2. The number of anilines is 1. The van der Waals surface area contributed by atoms with E-state index in [2.05, 4.69) is 11.9 Å². The van der Waals surface area contributed by atoms with Crippen LogP contribution < -0.4 is 24.4 Å². The van der Waals surface area contributed by atoms with Crippen LogP contribution in [0.3, 0.4) is 0 Å². The van der Waals surface area contributed by atoms with Crippen molar-refractivity contribution in [3.05, 3.63) is 65.8 Å². The van der Waals surface area contributed by atoms with Gasteiger partial charge in [0.2, 0.25) is 0 Å². The van der Waals surface area contributed by atoms with Crippen molar-refractivity contribution in [2.75, 3.05) is 25.7 Å². The molecular formula is C24H22N2O7S. The molecule has 1 aliphatic rings. The summed E-state index contributed by atoms with van der Waals surface area (Å²) in [5, 5.41) is 11.4. The lowest BCUT2D eigenvalue weighted by Gasteiger charge is -2.29. The monoisotopic (exact) mass is 482 g/mol. The molecule has 1 saturated heterocycles. The Labute approximate surface area is 201 Å². The summed E-state index contributed by atoms with van der Waals surface area (Å²) in [5.74, 6) is -1.29. The van der Waals surface area contributed by atoms with Gasteiger partial charge in [-0.3, -0.25) is 19.8 Å². The Morgan fingerprint density at radius 2 is 1.88 bits per heavy atom. The standard InChI is InChI=1S/C24H22N2O7S/c1-4-5-15-10-14(12-19(32-3)21(15)33-13-20(27)28)11-18-22(29)25-24(34)26(23(18)30)16-6-8-17(31-2)9-7-16/h4,6-12H,1,5,13H2,2-3H3,(H,27,28)(H,25,29,34). The van der Waals surface area contributed by atoms with Crippen LogP contribution in [0, 0.1) is 0 Å². The van der Waals surface area contributed by atoms with E-state index >= 15 is 0 Å². The zero-order valence-electron chi connectivity index (χ0n) is 18.5. The molecule has 0 atom stereocenters. The minimum atomic E-state index is -1.14. The van der Waals surface area contributed by atoms with E-state index in [1.165, 1.54) is 25.2 Å². The fraction of sp³-hybridized carbons (Fsp3) is 0.167. The molecule has 176 valence electrons. The molecule has 0 aromatic heterocycles. The molecule has 1 fully saturated rings. The molecule has 9 nitrogen and oxygen atoms in total. The summed E-state index contributed by atoms with van der Waals surface area (Å²) in [6.07, 6.45) is 3.36. The molecule has 3 rings (SSSR count). The predicted molar refractivity (Wildman–Crippen MR) is 129 cm³/mol. The molecule has 10 heteroatoms. The Bertz CT molecular complexity index is 1190. The first-order valence-corrected chi connectivity index (χ1v) is 10.4. The lowest BCUT2D eigenvalue weighted by molar-refractivity contribution is -0.139. The molecule has 2 amide bonds. The van der Waals surface area contributed by atoms with Gasteiger partial charge in [-0.1, -0.05) is 6.08 Å². The first kappa shape index (κ1) is 24.5. The zero-order valence-corrected chi connectivity index (χ0v) is 19.3. The summed E-state index contributed by atoms with van der Waals surface area (Å²) in [7, 11) is 2.93. The van der Waals surface area contributed by atoms with E-state index in [1.54, 1.807) is 42.5 Å². The van der Waals surface area contributed by atoms with Gasteiger partial charge < -0.3 is 19.3 Å². The largest absolute Gasteiger partial charge is 0.497 e. The molecular weight excluding hydrogens is 460 g/mol. The summed E-state index contributed by atoms with van der Waals surface area (Å²) >= 11 is 5.22. The van der Waals surface area contributed by atoms with Crippen LogP contribution in [0.15, 0.2) is 54.6 Å². The van der Waals surface area contributed by atoms with Gasteiger partial charge in [0.15, 0.2) is 23.2 Å². The number of nitrogens with zero attached hydrogens (tertiary/aromatic N) is 1. The molecule has 0 radical (unpaired) electrons. The fourth-order valence-corrected chi connectivity index (χ4v) is 3.59. The normalized spacial score (nSPS) is 14.6. The number of hydrogen-bond donors (Lipinski definition) is 2. The second-order valence-electron chi connectivity index (χ2n) is 7.04. The van der Waals surface area contributed by atoms with E-state index in [9.17, 15) is 14.4 Å². The molecule has 2 aromatic rings. The molecule has 34 heavy (non-hydrogen) atoms. The maximum absolute atomic E-state index is 13.3. The Balaban J connectivity index is 2.03. The average Bonchev–Trinajstić information content (AvgIpc) is 2.81. The van der Waals surface area contributed by atoms with Crippen LogP contribution in [0.5, 0.6) is 17.2 Å². The molecule has 0 bridgehead atoms. The summed E-state index contributed by atoms with van der Waals surface area (Å²) < 4.78 is 15.9. The van der Waals surface area contributed by atoms with Crippen LogP contribution in [0.1, 0.15) is 11.1 Å². The summed E-state index contributed by atoms with van der Waals surface area (Å²) in [6.45, 7) is 3.15. The number of nitrogens with one attached hydrogen (secondary N) is 1. The van der Waals surface area contributed by atoms with Gasteiger partial charge in [0.25, 0.3) is 11.8 Å². The van der Waals surface area contributed by atoms with Crippen LogP contribution in [-0.4, -0.2) is 48.8 Å². The number of carboxylic acid groups (broad SMARTS) is 1. The topological polar surface area (TPSA) is 114 Å². The number of hydrogen-bond acceptors (Lipinski definition) is 7. The number of carbonyl (C=O) groups is 3. The first-order valence-electron chi connectivity index (χ1n) is 10.0. The summed E-state index contributed by atoms with van der Waals surface area (Å²) in [4.78, 5) is 38.1. The molecule has 2 N–H and O–H groups in total. The maximum Gasteiger partial charge on any atom is 0.341 e. The van der Waals surface area contributed by atoms with E-state index in [-0.39, 0.29) is 22.2 Å². The van der Waals surface area contributed by atoms with Crippen molar-refractivity contribution in [2.24, 2.45) is 0 Å². The predicted octanol–water partition coefficient (Wildman–Crippen LogP) is 2.73. The van der Waals surface area contributed by atoms with Gasteiger partial charge in [-0.2, -0.15) is 0 Å². The van der Waals surface area contributed by atoms with Crippen LogP contribution in [-0.2, 0) is 20.8 Å². The molecule has 0 saturated carbocycles. The van der Waals surface area contributed by atoms with Crippen LogP contribution in [0.25, 0.3) is 6.08 Å². The number of rotatable bonds is 9. The van der Waals surface area contributed by atoms with Crippen LogP contribution in [0.2, 0.25) is 0 Å². The number of carbonyl (C=O) groups excluding carboxylic acids is 2. The van der Waals surface area contributed by atoms with Crippen molar-refractivity contribution < 1.29 is 33.7 Å². The Morgan fingerprint density at radius 1 is 1.18 bits per heavy atom. The van der Waals surface area contributed by atoms with E-state index in [0.29, 0.717) is 29.0 Å². The molecule has 2 aromatic carbocycles. The quantitative estimate of drug-likeness (QED) is 0.243. The molecule has 1 aliphatic heterocycles. The van der Waals surface area contributed by atoms with Gasteiger partial charge in [0.1, 0.15) is 11.3 Å². The van der Waals surface area contributed by atoms with Gasteiger partial charge >= 0.3 is 5.97 Å². The number of thiocarbonyl (C=S) groups is 1. The number of carboxylic acids is 1. The van der Waals surface area contributed by atoms with Crippen molar-refractivity contribution in [3.63, 3.8) is 0 Å². The zero-order chi connectivity index (χ0) is 24.8. The van der Waals surface area contributed by atoms with Gasteiger partial charge in [0, 0.05) is 5.56 Å². The van der Waals surface area contributed by atoms with E-state index < -0.39 is 24.4 Å². The third-order valence-electron chi connectivity index (χ3n) is 4.82. The lowest BCUT2D eigenvalue weighted by Crippen LogP contribution is -2.54. The Hall–Kier alpha value is -4.18. The molecule has 0 aliphatic carbocycles. The minimum absolute atomic E-state index is 0.0420. The molecule has 1 heterocycles. The SMILES string of the molecule is C=CCc1cc(C=C2C(=O)NC(=S)N(c3ccc(OC)cc3)C2=O)cc(OC)c1OCC(=O)O. The number of allylic oxidation sites excluding steroid dienone is 1. The van der Waals surface area contributed by atoms with Crippen LogP contribution >= 0.6 is 12.2 Å². The highest BCUT2D eigenvalue weighted by Crippen LogP contribution is 2.35. The second kappa shape index (κ2) is 10.6. The van der Waals surface area contributed by atoms with E-state index in [1.807, 2.05) is 0 Å². The van der Waals surface area contributed by atoms with Gasteiger partial charge in [-0.25, -0.2) is 4.79 Å². The third-order valence-corrected chi connectivity index (χ3v) is 5.11. The Morgan fingerprint density at radius 3 is 2.47 bits per heavy atom. The highest BCUT2D eigenvalue weighted by molar-refractivity contribution is 7.80. The van der Waals surface area contributed by atoms with Gasteiger partial charge in [-0.15, -0.1) is 6.58 Å². The van der Waals surface area contributed by atoms with Crippen molar-refractivity contribution in [3.8, 4) is 17.2 Å². The number of methoxy groups -OCH3 is 2. The maximum atomic E-state index is 13.3. The highest BCUT2D eigenvalue weighted by Gasteiger charge is 2.34. The first-order chi connectivity index (χ1) is 16.3. The lowest BCUT2D eigenvalue weighted by atomic mass is 10.0. The highest BCUT2D eigenvalue weighted by atomic mass is 32.1. The minimum Gasteiger partial charge on any atom is -0.497 e. The number of benzene rings is 2. The van der Waals surface area contributed by atoms with E-state index in [4.69, 9.17) is 31.5 Å². The second-order valence-corrected chi connectivity index (χ2v) is 7.43. The van der Waals surface area contributed by atoms with Gasteiger partial charge in [-0.05, 0) is 66.7 Å². The molecule has 0 unspecified atom stereocenters. The van der Waals surface area contributed by atoms with Crippen molar-refractivity contribution in [2.45, 2.75) is 6.42 Å². The van der Waals surface area contributed by atoms with Crippen molar-refractivity contribution in [1.29, 1.82) is 0 Å². The summed E-state index contributed by atoms with van der Waals surface area (Å²) in [5.41, 5.74) is 1.37.